The average Bonchev–Trinajstić information content (AvgIpc) is 2.29. The zero-order valence-corrected chi connectivity index (χ0v) is 10.3. The number of piperidine rings is 1. The van der Waals surface area contributed by atoms with Gasteiger partial charge in [0.2, 0.25) is 5.95 Å². The number of anilines is 1. The van der Waals surface area contributed by atoms with Crippen LogP contribution in [0.15, 0.2) is 12.4 Å². The molecule has 1 aliphatic rings. The first kappa shape index (κ1) is 15.0. The van der Waals surface area contributed by atoms with Crippen molar-refractivity contribution >= 4 is 18.4 Å². The molecule has 0 aromatic carbocycles. The van der Waals surface area contributed by atoms with Crippen LogP contribution in [0, 0.1) is 0 Å². The lowest BCUT2D eigenvalue weighted by molar-refractivity contribution is -0.138. The second-order valence-corrected chi connectivity index (χ2v) is 4.09. The summed E-state index contributed by atoms with van der Waals surface area (Å²) in [7, 11) is 0. The minimum absolute atomic E-state index is 0. The number of alkyl halides is 3. The summed E-state index contributed by atoms with van der Waals surface area (Å²) in [6.07, 6.45) is -1.13. The zero-order chi connectivity index (χ0) is 12.5. The largest absolute Gasteiger partial charge is 0.419 e. The minimum atomic E-state index is -4.39. The van der Waals surface area contributed by atoms with Gasteiger partial charge in [-0.1, -0.05) is 0 Å². The monoisotopic (exact) mass is 282 g/mol. The fourth-order valence-electron chi connectivity index (χ4n) is 1.73. The van der Waals surface area contributed by atoms with E-state index in [9.17, 15) is 13.2 Å². The Bertz CT molecular complexity index is 374. The fraction of sp³-hybridized carbons (Fsp3) is 0.600. The highest BCUT2D eigenvalue weighted by Gasteiger charge is 2.31. The summed E-state index contributed by atoms with van der Waals surface area (Å²) >= 11 is 0. The highest BCUT2D eigenvalue weighted by Crippen LogP contribution is 2.28. The molecule has 1 saturated heterocycles. The Morgan fingerprint density at radius 1 is 1.17 bits per heavy atom. The van der Waals surface area contributed by atoms with E-state index in [1.165, 1.54) is 0 Å². The van der Waals surface area contributed by atoms with Crippen LogP contribution in [0.5, 0.6) is 0 Å². The van der Waals surface area contributed by atoms with E-state index >= 15 is 0 Å². The van der Waals surface area contributed by atoms with E-state index < -0.39 is 11.7 Å². The van der Waals surface area contributed by atoms with Crippen molar-refractivity contribution in [3.05, 3.63) is 18.0 Å². The van der Waals surface area contributed by atoms with Crippen LogP contribution in [0.3, 0.4) is 0 Å². The molecule has 1 fully saturated rings. The molecule has 0 aliphatic carbocycles. The van der Waals surface area contributed by atoms with Gasteiger partial charge in [0.15, 0.2) is 0 Å². The number of rotatable bonds is 1. The summed E-state index contributed by atoms with van der Waals surface area (Å²) in [5.74, 6) is 0.338. The van der Waals surface area contributed by atoms with Gasteiger partial charge in [-0.25, -0.2) is 9.97 Å². The van der Waals surface area contributed by atoms with Crippen molar-refractivity contribution in [1.82, 2.24) is 9.97 Å². The maximum absolute atomic E-state index is 12.3. The molecule has 0 atom stereocenters. The first-order valence-electron chi connectivity index (χ1n) is 5.36. The van der Waals surface area contributed by atoms with Crippen LogP contribution >= 0.6 is 12.4 Å². The Labute approximate surface area is 109 Å². The van der Waals surface area contributed by atoms with Gasteiger partial charge in [-0.3, -0.25) is 0 Å². The maximum atomic E-state index is 12.3. The fourth-order valence-corrected chi connectivity index (χ4v) is 1.73. The standard InChI is InChI=1S/C10H13F3N4.ClH/c11-10(12,13)7-5-15-9(16-6-7)17-3-1-8(14)2-4-17;/h5-6,8H,1-4,14H2;1H. The predicted molar refractivity (Wildman–Crippen MR) is 63.7 cm³/mol. The molecule has 2 N–H and O–H groups in total. The van der Waals surface area contributed by atoms with E-state index in [0.29, 0.717) is 19.0 Å². The molecule has 1 aromatic heterocycles. The van der Waals surface area contributed by atoms with Gasteiger partial charge in [0, 0.05) is 31.5 Å². The minimum Gasteiger partial charge on any atom is -0.341 e. The summed E-state index contributed by atoms with van der Waals surface area (Å²) in [6.45, 7) is 1.37. The normalized spacial score (nSPS) is 17.4. The van der Waals surface area contributed by atoms with Crippen LogP contribution in [0.25, 0.3) is 0 Å². The summed E-state index contributed by atoms with van der Waals surface area (Å²) < 4.78 is 36.9. The number of nitrogens with zero attached hydrogens (tertiary/aromatic N) is 3. The highest BCUT2D eigenvalue weighted by atomic mass is 35.5. The van der Waals surface area contributed by atoms with Gasteiger partial charge < -0.3 is 10.6 Å². The summed E-state index contributed by atoms with van der Waals surface area (Å²) in [4.78, 5) is 9.35. The van der Waals surface area contributed by atoms with Crippen LogP contribution in [0.1, 0.15) is 18.4 Å². The van der Waals surface area contributed by atoms with Gasteiger partial charge in [-0.05, 0) is 12.8 Å². The summed E-state index contributed by atoms with van der Waals surface area (Å²) in [6, 6.07) is 0.167. The Morgan fingerprint density at radius 2 is 1.67 bits per heavy atom. The molecule has 1 aliphatic heterocycles. The molecule has 2 rings (SSSR count). The van der Waals surface area contributed by atoms with Crippen molar-refractivity contribution in [3.8, 4) is 0 Å². The number of nitrogens with two attached hydrogens (primary N) is 1. The Balaban J connectivity index is 0.00000162. The van der Waals surface area contributed by atoms with Gasteiger partial charge in [0.1, 0.15) is 0 Å². The molecule has 0 unspecified atom stereocenters. The molecule has 0 amide bonds. The van der Waals surface area contributed by atoms with Gasteiger partial charge in [-0.2, -0.15) is 13.2 Å². The van der Waals surface area contributed by atoms with Crippen molar-refractivity contribution < 1.29 is 13.2 Å². The summed E-state index contributed by atoms with van der Waals surface area (Å²) in [5.41, 5.74) is 4.92. The molecule has 1 aromatic rings. The second-order valence-electron chi connectivity index (χ2n) is 4.09. The van der Waals surface area contributed by atoms with E-state index in [-0.39, 0.29) is 18.4 Å². The Hall–Kier alpha value is -1.08. The number of halogens is 4. The topological polar surface area (TPSA) is 55.0 Å². The smallest absolute Gasteiger partial charge is 0.341 e. The molecule has 8 heteroatoms. The molecule has 0 bridgehead atoms. The van der Waals surface area contributed by atoms with E-state index in [2.05, 4.69) is 9.97 Å². The lowest BCUT2D eigenvalue weighted by Gasteiger charge is -2.30. The lowest BCUT2D eigenvalue weighted by atomic mass is 10.1. The van der Waals surface area contributed by atoms with Crippen molar-refractivity contribution in [2.24, 2.45) is 5.73 Å². The molecule has 0 saturated carbocycles. The Morgan fingerprint density at radius 3 is 2.11 bits per heavy atom. The molecule has 2 heterocycles. The van der Waals surface area contributed by atoms with E-state index in [1.807, 2.05) is 4.90 Å². The summed E-state index contributed by atoms with van der Waals surface area (Å²) in [5, 5.41) is 0. The quantitative estimate of drug-likeness (QED) is 0.854. The number of hydrogen-bond acceptors (Lipinski definition) is 4. The molecule has 4 nitrogen and oxygen atoms in total. The van der Waals surface area contributed by atoms with Gasteiger partial charge in [0.05, 0.1) is 5.56 Å². The average molecular weight is 283 g/mol. The molecule has 0 spiro atoms. The Kier molecular flexibility index (Phi) is 4.75. The van der Waals surface area contributed by atoms with Gasteiger partial charge >= 0.3 is 6.18 Å². The van der Waals surface area contributed by atoms with Gasteiger partial charge in [0.25, 0.3) is 0 Å². The SMILES string of the molecule is Cl.NC1CCN(c2ncc(C(F)(F)F)cn2)CC1. The first-order valence-corrected chi connectivity index (χ1v) is 5.36. The molecule has 18 heavy (non-hydrogen) atoms. The molecule has 102 valence electrons. The third kappa shape index (κ3) is 3.46. The van der Waals surface area contributed by atoms with Crippen LogP contribution in [-0.2, 0) is 6.18 Å². The maximum Gasteiger partial charge on any atom is 0.419 e. The lowest BCUT2D eigenvalue weighted by Crippen LogP contribution is -2.40. The molecular formula is C10H14ClF3N4. The van der Waals surface area contributed by atoms with Crippen LogP contribution in [0.4, 0.5) is 19.1 Å². The number of aromatic nitrogens is 2. The molecule has 0 radical (unpaired) electrons. The van der Waals surface area contributed by atoms with Crippen LogP contribution in [-0.4, -0.2) is 29.1 Å². The van der Waals surface area contributed by atoms with Crippen molar-refractivity contribution in [1.29, 1.82) is 0 Å². The third-order valence-electron chi connectivity index (χ3n) is 2.79. The first-order chi connectivity index (χ1) is 7.97. The highest BCUT2D eigenvalue weighted by molar-refractivity contribution is 5.85. The van der Waals surface area contributed by atoms with E-state index in [1.54, 1.807) is 0 Å². The van der Waals surface area contributed by atoms with Gasteiger partial charge in [-0.15, -0.1) is 12.4 Å². The zero-order valence-electron chi connectivity index (χ0n) is 9.52. The van der Waals surface area contributed by atoms with E-state index in [4.69, 9.17) is 5.73 Å². The van der Waals surface area contributed by atoms with Crippen molar-refractivity contribution in [2.45, 2.75) is 25.1 Å². The second kappa shape index (κ2) is 5.71. The van der Waals surface area contributed by atoms with Crippen LogP contribution in [0.2, 0.25) is 0 Å². The molecular weight excluding hydrogens is 269 g/mol. The predicted octanol–water partition coefficient (Wildman–Crippen LogP) is 1.84. The number of hydrogen-bond donors (Lipinski definition) is 1. The third-order valence-corrected chi connectivity index (χ3v) is 2.79. The van der Waals surface area contributed by atoms with Crippen molar-refractivity contribution in [3.63, 3.8) is 0 Å². The van der Waals surface area contributed by atoms with E-state index in [0.717, 1.165) is 25.2 Å². The van der Waals surface area contributed by atoms with Crippen LogP contribution < -0.4 is 10.6 Å². The van der Waals surface area contributed by atoms with Crippen molar-refractivity contribution in [2.75, 3.05) is 18.0 Å².